The van der Waals surface area contributed by atoms with Gasteiger partial charge in [0, 0.05) is 15.3 Å². The van der Waals surface area contributed by atoms with Gasteiger partial charge in [-0.2, -0.15) is 0 Å². The van der Waals surface area contributed by atoms with Crippen molar-refractivity contribution >= 4 is 56.8 Å². The second kappa shape index (κ2) is 8.85. The Bertz CT molecular complexity index is 1460. The first-order chi connectivity index (χ1) is 15.6. The smallest absolute Gasteiger partial charge is 0.260 e. The van der Waals surface area contributed by atoms with Crippen molar-refractivity contribution in [1.82, 2.24) is 25.1 Å². The summed E-state index contributed by atoms with van der Waals surface area (Å²) >= 11 is 4.65. The molecule has 0 aliphatic heterocycles. The first-order valence-electron chi connectivity index (χ1n) is 9.93. The molecule has 0 aliphatic rings. The van der Waals surface area contributed by atoms with Crippen molar-refractivity contribution in [2.75, 3.05) is 0 Å². The molecular weight excluding hydrogens is 458 g/mol. The average Bonchev–Trinajstić information content (AvgIpc) is 3.51. The molecule has 0 amide bonds. The van der Waals surface area contributed by atoms with E-state index in [1.54, 1.807) is 22.7 Å². The highest BCUT2D eigenvalue weighted by Crippen LogP contribution is 2.35. The van der Waals surface area contributed by atoms with E-state index in [1.165, 1.54) is 17.3 Å². The molecule has 4 heterocycles. The minimum atomic E-state index is -0.111. The van der Waals surface area contributed by atoms with Crippen LogP contribution in [0.5, 0.6) is 0 Å². The van der Waals surface area contributed by atoms with Crippen molar-refractivity contribution in [1.29, 1.82) is 0 Å². The van der Waals surface area contributed by atoms with Crippen LogP contribution in [-0.4, -0.2) is 25.1 Å². The average molecular weight is 478 g/mol. The third-order valence-electron chi connectivity index (χ3n) is 4.90. The molecule has 0 atom stereocenters. The summed E-state index contributed by atoms with van der Waals surface area (Å²) in [6, 6.07) is 12.3. The summed E-state index contributed by atoms with van der Waals surface area (Å²) in [6.07, 6.45) is 3.90. The number of aromatic nitrogens is 5. The van der Waals surface area contributed by atoms with Crippen LogP contribution in [0.4, 0.5) is 0 Å². The number of hydrogen-bond acceptors (Lipinski definition) is 7. The Morgan fingerprint density at radius 3 is 2.72 bits per heavy atom. The van der Waals surface area contributed by atoms with Gasteiger partial charge in [-0.3, -0.25) is 9.89 Å². The Labute approximate surface area is 196 Å². The summed E-state index contributed by atoms with van der Waals surface area (Å²) in [5.41, 5.74) is 3.08. The lowest BCUT2D eigenvalue weighted by atomic mass is 10.0. The molecule has 0 unspecified atom stereocenters. The third-order valence-corrected chi connectivity index (χ3v) is 7.59. The van der Waals surface area contributed by atoms with Crippen LogP contribution < -0.4 is 5.56 Å². The normalized spacial score (nSPS) is 11.7. The lowest BCUT2D eigenvalue weighted by Gasteiger charge is -2.03. The summed E-state index contributed by atoms with van der Waals surface area (Å²) < 4.78 is 0. The van der Waals surface area contributed by atoms with Crippen LogP contribution in [0.2, 0.25) is 0 Å². The van der Waals surface area contributed by atoms with Gasteiger partial charge in [-0.25, -0.2) is 9.97 Å². The Hall–Kier alpha value is -3.01. The molecule has 0 spiro atoms. The number of benzene rings is 1. The largest absolute Gasteiger partial charge is 0.309 e. The Morgan fingerprint density at radius 2 is 1.94 bits per heavy atom. The molecule has 5 rings (SSSR count). The fourth-order valence-electron chi connectivity index (χ4n) is 3.38. The summed E-state index contributed by atoms with van der Waals surface area (Å²) in [7, 11) is 0. The van der Waals surface area contributed by atoms with Gasteiger partial charge in [-0.05, 0) is 43.0 Å². The lowest BCUT2D eigenvalue weighted by Crippen LogP contribution is -2.10. The fourth-order valence-corrected chi connectivity index (χ4v) is 5.74. The highest BCUT2D eigenvalue weighted by atomic mass is 32.2. The van der Waals surface area contributed by atoms with E-state index in [0.717, 1.165) is 25.7 Å². The van der Waals surface area contributed by atoms with Crippen LogP contribution in [0.15, 0.2) is 51.7 Å². The van der Waals surface area contributed by atoms with Gasteiger partial charge in [0.15, 0.2) is 0 Å². The van der Waals surface area contributed by atoms with Gasteiger partial charge in [0.2, 0.25) is 5.16 Å². The van der Waals surface area contributed by atoms with Gasteiger partial charge < -0.3 is 4.98 Å². The van der Waals surface area contributed by atoms with E-state index < -0.39 is 0 Å². The fraction of sp³-hybridized carbons (Fsp3) is 0.130. The second-order valence-electron chi connectivity index (χ2n) is 7.23. The van der Waals surface area contributed by atoms with E-state index >= 15 is 0 Å². The van der Waals surface area contributed by atoms with E-state index in [9.17, 15) is 4.79 Å². The molecule has 4 aromatic heterocycles. The standard InChI is InChI=1S/C23H19N5OS3/c1-13-5-7-15(8-6-13)19-14(2)32-22-20(19)21(29)24-18(25-22)12-31-23-26-17(27-28-23)10-9-16-4-3-11-30-16/h3-11H,12H2,1-2H3,(H,24,25,29)(H,26,27,28)/b10-9+. The van der Waals surface area contributed by atoms with Crippen molar-refractivity contribution in [3.8, 4) is 11.1 Å². The number of fused-ring (bicyclic) bond motifs is 1. The lowest BCUT2D eigenvalue weighted by molar-refractivity contribution is 0.965. The van der Waals surface area contributed by atoms with Gasteiger partial charge in [-0.15, -0.1) is 27.8 Å². The monoisotopic (exact) mass is 477 g/mol. The van der Waals surface area contributed by atoms with Crippen molar-refractivity contribution in [2.24, 2.45) is 0 Å². The molecule has 1 aromatic carbocycles. The molecule has 2 N–H and O–H groups in total. The number of aryl methyl sites for hydroxylation is 2. The van der Waals surface area contributed by atoms with Crippen LogP contribution >= 0.6 is 34.4 Å². The minimum absolute atomic E-state index is 0.111. The van der Waals surface area contributed by atoms with Crippen LogP contribution in [0.25, 0.3) is 33.5 Å². The molecule has 0 radical (unpaired) electrons. The zero-order valence-corrected chi connectivity index (χ0v) is 19.8. The van der Waals surface area contributed by atoms with Crippen LogP contribution in [0.3, 0.4) is 0 Å². The number of aromatic amines is 2. The first-order valence-corrected chi connectivity index (χ1v) is 12.6. The molecule has 0 saturated carbocycles. The number of nitrogens with one attached hydrogen (secondary N) is 2. The number of rotatable bonds is 6. The third kappa shape index (κ3) is 4.32. The summed E-state index contributed by atoms with van der Waals surface area (Å²) in [4.78, 5) is 28.1. The second-order valence-corrected chi connectivity index (χ2v) is 10.4. The maximum atomic E-state index is 12.9. The molecule has 0 fully saturated rings. The summed E-state index contributed by atoms with van der Waals surface area (Å²) in [5, 5.41) is 10.5. The zero-order chi connectivity index (χ0) is 22.1. The van der Waals surface area contributed by atoms with Crippen LogP contribution in [-0.2, 0) is 5.75 Å². The quantitative estimate of drug-likeness (QED) is 0.297. The maximum absolute atomic E-state index is 12.9. The van der Waals surface area contributed by atoms with E-state index in [-0.39, 0.29) is 5.56 Å². The maximum Gasteiger partial charge on any atom is 0.260 e. The zero-order valence-electron chi connectivity index (χ0n) is 17.4. The molecule has 160 valence electrons. The summed E-state index contributed by atoms with van der Waals surface area (Å²) in [6.45, 7) is 4.09. The van der Waals surface area contributed by atoms with E-state index in [4.69, 9.17) is 4.98 Å². The SMILES string of the molecule is Cc1ccc(-c2c(C)sc3nc(CSc4n[nH]c(/C=C/c5cccs5)n4)[nH]c(=O)c23)cc1. The molecule has 0 bridgehead atoms. The molecular formula is C23H19N5OS3. The van der Waals surface area contributed by atoms with Gasteiger partial charge in [0.1, 0.15) is 16.5 Å². The molecule has 32 heavy (non-hydrogen) atoms. The number of hydrogen-bond donors (Lipinski definition) is 2. The minimum Gasteiger partial charge on any atom is -0.309 e. The van der Waals surface area contributed by atoms with E-state index in [2.05, 4.69) is 51.4 Å². The predicted molar refractivity (Wildman–Crippen MR) is 134 cm³/mol. The molecule has 0 saturated heterocycles. The number of nitrogens with zero attached hydrogens (tertiary/aromatic N) is 3. The van der Waals surface area contributed by atoms with Gasteiger partial charge in [-0.1, -0.05) is 47.7 Å². The topological polar surface area (TPSA) is 87.3 Å². The van der Waals surface area contributed by atoms with Gasteiger partial charge in [0.05, 0.1) is 11.1 Å². The molecule has 5 aromatic rings. The van der Waals surface area contributed by atoms with Crippen LogP contribution in [0, 0.1) is 13.8 Å². The van der Waals surface area contributed by atoms with Crippen molar-refractivity contribution in [3.05, 3.63) is 79.1 Å². The van der Waals surface area contributed by atoms with E-state index in [1.807, 2.05) is 36.6 Å². The Kier molecular flexibility index (Phi) is 5.77. The Balaban J connectivity index is 1.36. The van der Waals surface area contributed by atoms with Crippen LogP contribution in [0.1, 0.15) is 27.0 Å². The van der Waals surface area contributed by atoms with Crippen molar-refractivity contribution < 1.29 is 0 Å². The summed E-state index contributed by atoms with van der Waals surface area (Å²) in [5.74, 6) is 1.78. The number of H-pyrrole nitrogens is 2. The first kappa shape index (κ1) is 20.9. The van der Waals surface area contributed by atoms with Gasteiger partial charge in [0.25, 0.3) is 5.56 Å². The number of thioether (sulfide) groups is 1. The van der Waals surface area contributed by atoms with Gasteiger partial charge >= 0.3 is 0 Å². The molecule has 0 aliphatic carbocycles. The highest BCUT2D eigenvalue weighted by Gasteiger charge is 2.17. The predicted octanol–water partition coefficient (Wildman–Crippen LogP) is 5.91. The molecule has 9 heteroatoms. The van der Waals surface area contributed by atoms with Crippen molar-refractivity contribution in [2.45, 2.75) is 24.8 Å². The number of thiophene rings is 2. The van der Waals surface area contributed by atoms with Crippen molar-refractivity contribution in [3.63, 3.8) is 0 Å². The van der Waals surface area contributed by atoms with E-state index in [0.29, 0.717) is 27.9 Å². The Morgan fingerprint density at radius 1 is 1.09 bits per heavy atom. The highest BCUT2D eigenvalue weighted by molar-refractivity contribution is 7.98. The molecule has 6 nitrogen and oxygen atoms in total.